The molecule has 1 N–H and O–H groups in total. The molecular formula is C14H21BrNO3+. The second kappa shape index (κ2) is 6.57. The van der Waals surface area contributed by atoms with Crippen LogP contribution in [0.25, 0.3) is 0 Å². The second-order valence-corrected chi connectivity index (χ2v) is 6.28. The van der Waals surface area contributed by atoms with Gasteiger partial charge in [-0.2, -0.15) is 0 Å². The largest absolute Gasteiger partial charge is 0.456 e. The van der Waals surface area contributed by atoms with Crippen LogP contribution in [0.5, 0.6) is 0 Å². The number of rotatable bonds is 4. The van der Waals surface area contributed by atoms with Crippen molar-refractivity contribution < 1.29 is 18.8 Å². The number of quaternary nitrogens is 1. The number of nitrogens with one attached hydrogen (secondary N) is 1. The van der Waals surface area contributed by atoms with E-state index in [2.05, 4.69) is 30.0 Å². The minimum absolute atomic E-state index is 0.0278. The van der Waals surface area contributed by atoms with Gasteiger partial charge in [0.05, 0.1) is 20.6 Å². The first-order valence-corrected chi connectivity index (χ1v) is 7.61. The van der Waals surface area contributed by atoms with Crippen LogP contribution in [-0.4, -0.2) is 32.7 Å². The SMILES string of the molecule is C[NH+](C)C[C@H]1CCCC[C@@H]1OC(=O)c1ccc(Br)o1. The number of ether oxygens (including phenoxy) is 1. The molecule has 2 atom stereocenters. The first-order valence-electron chi connectivity index (χ1n) is 6.81. The molecule has 0 aromatic carbocycles. The third-order valence-corrected chi connectivity index (χ3v) is 3.97. The summed E-state index contributed by atoms with van der Waals surface area (Å²) in [7, 11) is 4.27. The van der Waals surface area contributed by atoms with Gasteiger partial charge in [0.2, 0.25) is 5.76 Å². The standard InChI is InChI=1S/C14H20BrNO3/c1-16(2)9-10-5-3-4-6-11(10)19-14(17)12-7-8-13(15)18-12/h7-8,10-11H,3-6,9H2,1-2H3/p+1/t10-,11+/m1/s1. The minimum Gasteiger partial charge on any atom is -0.456 e. The van der Waals surface area contributed by atoms with Gasteiger partial charge in [-0.05, 0) is 47.3 Å². The Bertz CT molecular complexity index is 430. The molecule has 4 nitrogen and oxygen atoms in total. The van der Waals surface area contributed by atoms with Crippen molar-refractivity contribution in [2.75, 3.05) is 20.6 Å². The number of hydrogen-bond donors (Lipinski definition) is 1. The third-order valence-electron chi connectivity index (χ3n) is 3.54. The zero-order chi connectivity index (χ0) is 13.8. The first-order chi connectivity index (χ1) is 9.06. The molecule has 1 saturated carbocycles. The maximum Gasteiger partial charge on any atom is 0.374 e. The van der Waals surface area contributed by atoms with Gasteiger partial charge in [0.1, 0.15) is 6.10 Å². The molecule has 0 amide bonds. The van der Waals surface area contributed by atoms with Crippen molar-refractivity contribution in [3.05, 3.63) is 22.6 Å². The zero-order valence-electron chi connectivity index (χ0n) is 11.4. The van der Waals surface area contributed by atoms with E-state index in [9.17, 15) is 4.79 Å². The van der Waals surface area contributed by atoms with Gasteiger partial charge >= 0.3 is 5.97 Å². The van der Waals surface area contributed by atoms with Gasteiger partial charge in [-0.15, -0.1) is 0 Å². The van der Waals surface area contributed by atoms with E-state index in [1.807, 2.05) is 0 Å². The lowest BCUT2D eigenvalue weighted by molar-refractivity contribution is -0.862. The van der Waals surface area contributed by atoms with E-state index in [-0.39, 0.29) is 17.8 Å². The maximum atomic E-state index is 12.0. The number of carbonyl (C=O) groups is 1. The molecule has 1 heterocycles. The Kier molecular flexibility index (Phi) is 5.05. The normalized spacial score (nSPS) is 23.6. The van der Waals surface area contributed by atoms with Gasteiger partial charge in [-0.25, -0.2) is 4.79 Å². The highest BCUT2D eigenvalue weighted by molar-refractivity contribution is 9.10. The van der Waals surface area contributed by atoms with Crippen LogP contribution in [0, 0.1) is 5.92 Å². The Balaban J connectivity index is 1.97. The fourth-order valence-electron chi connectivity index (χ4n) is 2.71. The van der Waals surface area contributed by atoms with Crippen molar-refractivity contribution in [2.24, 2.45) is 5.92 Å². The molecule has 19 heavy (non-hydrogen) atoms. The van der Waals surface area contributed by atoms with Gasteiger partial charge in [-0.3, -0.25) is 0 Å². The molecule has 1 aromatic heterocycles. The molecule has 1 aliphatic rings. The molecule has 2 rings (SSSR count). The van der Waals surface area contributed by atoms with Gasteiger partial charge < -0.3 is 14.1 Å². The summed E-state index contributed by atoms with van der Waals surface area (Å²) >= 11 is 3.19. The van der Waals surface area contributed by atoms with Crippen LogP contribution >= 0.6 is 15.9 Å². The van der Waals surface area contributed by atoms with Crippen LogP contribution in [0.4, 0.5) is 0 Å². The fraction of sp³-hybridized carbons (Fsp3) is 0.643. The molecule has 1 aliphatic carbocycles. The highest BCUT2D eigenvalue weighted by atomic mass is 79.9. The van der Waals surface area contributed by atoms with Crippen LogP contribution in [0.15, 0.2) is 21.2 Å². The Labute approximate surface area is 122 Å². The highest BCUT2D eigenvalue weighted by Gasteiger charge is 2.31. The van der Waals surface area contributed by atoms with Gasteiger partial charge in [0.15, 0.2) is 4.67 Å². The van der Waals surface area contributed by atoms with Crippen molar-refractivity contribution in [2.45, 2.75) is 31.8 Å². The van der Waals surface area contributed by atoms with E-state index in [4.69, 9.17) is 9.15 Å². The van der Waals surface area contributed by atoms with Crippen molar-refractivity contribution in [3.8, 4) is 0 Å². The summed E-state index contributed by atoms with van der Waals surface area (Å²) in [5, 5.41) is 0. The molecule has 1 fully saturated rings. The summed E-state index contributed by atoms with van der Waals surface area (Å²) in [4.78, 5) is 13.4. The van der Waals surface area contributed by atoms with Crippen LogP contribution in [0.2, 0.25) is 0 Å². The third kappa shape index (κ3) is 4.08. The highest BCUT2D eigenvalue weighted by Crippen LogP contribution is 2.27. The van der Waals surface area contributed by atoms with E-state index in [0.29, 0.717) is 10.6 Å². The molecule has 0 aliphatic heterocycles. The Morgan fingerprint density at radius 1 is 1.42 bits per heavy atom. The zero-order valence-corrected chi connectivity index (χ0v) is 13.0. The van der Waals surface area contributed by atoms with E-state index in [1.54, 1.807) is 12.1 Å². The molecule has 0 unspecified atom stereocenters. The van der Waals surface area contributed by atoms with Gasteiger partial charge in [-0.1, -0.05) is 6.42 Å². The summed E-state index contributed by atoms with van der Waals surface area (Å²) in [6, 6.07) is 3.35. The Morgan fingerprint density at radius 2 is 2.16 bits per heavy atom. The first kappa shape index (κ1) is 14.6. The summed E-state index contributed by atoms with van der Waals surface area (Å²) in [6.45, 7) is 1.04. The van der Waals surface area contributed by atoms with Crippen molar-refractivity contribution in [3.63, 3.8) is 0 Å². The Morgan fingerprint density at radius 3 is 2.79 bits per heavy atom. The van der Waals surface area contributed by atoms with E-state index >= 15 is 0 Å². The average molecular weight is 331 g/mol. The maximum absolute atomic E-state index is 12.0. The molecular weight excluding hydrogens is 310 g/mol. The van der Waals surface area contributed by atoms with Crippen molar-refractivity contribution >= 4 is 21.9 Å². The Hall–Kier alpha value is -0.810. The number of esters is 1. The van der Waals surface area contributed by atoms with Crippen LogP contribution in [-0.2, 0) is 4.74 Å². The topological polar surface area (TPSA) is 43.9 Å². The summed E-state index contributed by atoms with van der Waals surface area (Å²) < 4.78 is 11.4. The number of hydrogen-bond acceptors (Lipinski definition) is 3. The molecule has 0 spiro atoms. The number of carbonyl (C=O) groups excluding carboxylic acids is 1. The molecule has 0 saturated heterocycles. The smallest absolute Gasteiger partial charge is 0.374 e. The summed E-state index contributed by atoms with van der Waals surface area (Å²) in [5.74, 6) is 0.380. The van der Waals surface area contributed by atoms with Crippen molar-refractivity contribution in [1.82, 2.24) is 0 Å². The monoisotopic (exact) mass is 330 g/mol. The summed E-state index contributed by atoms with van der Waals surface area (Å²) in [5.41, 5.74) is 0. The lowest BCUT2D eigenvalue weighted by atomic mass is 9.86. The van der Waals surface area contributed by atoms with Crippen LogP contribution in [0.1, 0.15) is 36.2 Å². The van der Waals surface area contributed by atoms with E-state index in [0.717, 1.165) is 25.8 Å². The minimum atomic E-state index is -0.351. The molecule has 5 heteroatoms. The molecule has 0 radical (unpaired) electrons. The number of furan rings is 1. The molecule has 1 aromatic rings. The predicted molar refractivity (Wildman–Crippen MR) is 75.2 cm³/mol. The van der Waals surface area contributed by atoms with Gasteiger partial charge in [0, 0.05) is 5.92 Å². The van der Waals surface area contributed by atoms with E-state index in [1.165, 1.54) is 11.3 Å². The molecule has 0 bridgehead atoms. The second-order valence-electron chi connectivity index (χ2n) is 5.50. The quantitative estimate of drug-likeness (QED) is 0.857. The van der Waals surface area contributed by atoms with Crippen LogP contribution in [0.3, 0.4) is 0 Å². The summed E-state index contributed by atoms with van der Waals surface area (Å²) in [6.07, 6.45) is 4.51. The lowest BCUT2D eigenvalue weighted by Crippen LogP contribution is -3.06. The average Bonchev–Trinajstić information content (AvgIpc) is 2.78. The lowest BCUT2D eigenvalue weighted by Gasteiger charge is -2.31. The predicted octanol–water partition coefficient (Wildman–Crippen LogP) is 1.90. The van der Waals surface area contributed by atoms with E-state index < -0.39 is 0 Å². The van der Waals surface area contributed by atoms with Crippen LogP contribution < -0.4 is 4.90 Å². The fourth-order valence-corrected chi connectivity index (χ4v) is 3.01. The number of halogens is 1. The van der Waals surface area contributed by atoms with Crippen molar-refractivity contribution in [1.29, 1.82) is 0 Å². The van der Waals surface area contributed by atoms with Gasteiger partial charge in [0.25, 0.3) is 0 Å². The molecule has 106 valence electrons.